The molecule has 0 spiro atoms. The first-order valence-electron chi connectivity index (χ1n) is 20.4. The molecule has 0 aliphatic rings. The van der Waals surface area contributed by atoms with Crippen LogP contribution in [0.15, 0.2) is 150 Å². The molecule has 0 aliphatic heterocycles. The normalized spacial score (nSPS) is 17.0. The van der Waals surface area contributed by atoms with Crippen molar-refractivity contribution in [2.45, 2.75) is 0 Å². The number of benzene rings is 8. The molecule has 0 N–H and O–H groups in total. The summed E-state index contributed by atoms with van der Waals surface area (Å²) in [5, 5.41) is 1.38. The highest BCUT2D eigenvalue weighted by atomic mass is 16.3. The van der Waals surface area contributed by atoms with Crippen molar-refractivity contribution < 1.29 is 25.0 Å². The molecule has 0 saturated heterocycles. The van der Waals surface area contributed by atoms with Crippen LogP contribution in [0.3, 0.4) is 0 Å². The Morgan fingerprint density at radius 2 is 1.10 bits per heavy atom. The zero-order valence-corrected chi connectivity index (χ0v) is 21.1. The summed E-state index contributed by atoms with van der Waals surface area (Å²) in [4.78, 5) is 0. The Morgan fingerprint density at radius 1 is 0.439 bits per heavy atom. The van der Waals surface area contributed by atoms with Gasteiger partial charge in [0.15, 0.2) is 0 Å². The number of rotatable bonds is 2. The van der Waals surface area contributed by atoms with Crippen molar-refractivity contribution in [1.29, 1.82) is 0 Å². The monoisotopic (exact) mass is 535 g/mol. The van der Waals surface area contributed by atoms with Gasteiger partial charge in [0, 0.05) is 16.2 Å². The molecule has 0 amide bonds. The average molecular weight is 536 g/mol. The van der Waals surface area contributed by atoms with Gasteiger partial charge >= 0.3 is 0 Å². The molecular weight excluding hydrogens is 496 g/mol. The third kappa shape index (κ3) is 3.30. The summed E-state index contributed by atoms with van der Waals surface area (Å²) >= 11 is 0. The fourth-order valence-electron chi connectivity index (χ4n) is 5.73. The number of hydrogen-bond donors (Lipinski definition) is 0. The molecular formula is C40H24O. The zero-order chi connectivity index (χ0) is 40.0. The molecule has 1 nitrogen and oxygen atoms in total. The minimum Gasteiger partial charge on any atom is -0.455 e. The van der Waals surface area contributed by atoms with Crippen LogP contribution in [0.4, 0.5) is 0 Å². The molecule has 9 rings (SSSR count). The van der Waals surface area contributed by atoms with Gasteiger partial charge in [0.25, 0.3) is 0 Å². The van der Waals surface area contributed by atoms with Crippen LogP contribution in [0.5, 0.6) is 0 Å². The second kappa shape index (κ2) is 8.55. The minimum atomic E-state index is -0.735. The zero-order valence-electron chi connectivity index (χ0n) is 36.1. The lowest BCUT2D eigenvalue weighted by Crippen LogP contribution is -1.91. The highest BCUT2D eigenvalue weighted by Gasteiger charge is 2.18. The summed E-state index contributed by atoms with van der Waals surface area (Å²) in [7, 11) is 0. The largest absolute Gasteiger partial charge is 0.455 e. The van der Waals surface area contributed by atoms with Gasteiger partial charge in [-0.1, -0.05) is 121 Å². The molecule has 1 aromatic heterocycles. The topological polar surface area (TPSA) is 13.1 Å². The summed E-state index contributed by atoms with van der Waals surface area (Å²) in [5.74, 6) is 0. The summed E-state index contributed by atoms with van der Waals surface area (Å²) < 4.78 is 140. The van der Waals surface area contributed by atoms with Gasteiger partial charge in [0.05, 0.1) is 20.6 Å². The van der Waals surface area contributed by atoms with E-state index in [1.807, 2.05) is 36.4 Å². The minimum absolute atomic E-state index is 0.0293. The maximum atomic E-state index is 9.39. The molecule has 0 atom stereocenters. The Bertz CT molecular complexity index is 3230. The van der Waals surface area contributed by atoms with Crippen LogP contribution in [0.2, 0.25) is 0 Å². The SMILES string of the molecule is [2H]c1c([2H])c([2H])c2c([2H])c(-c3c4c([2H])c([2H])c([2H])c([2H])c4c(-c4ccc5oc6c7ccccc7ccc6c5c4)c4c([2H])c([2H])c([2H])c([2H])c34)c([2H])c([2H])c2c1[2H]. The smallest absolute Gasteiger partial charge is 0.143 e. The maximum Gasteiger partial charge on any atom is 0.143 e. The van der Waals surface area contributed by atoms with E-state index in [0.29, 0.717) is 22.1 Å². The lowest BCUT2D eigenvalue weighted by Gasteiger charge is -2.18. The van der Waals surface area contributed by atoms with Crippen molar-refractivity contribution in [3.05, 3.63) is 145 Å². The Morgan fingerprint density at radius 3 is 1.85 bits per heavy atom. The summed E-state index contributed by atoms with van der Waals surface area (Å²) in [6.45, 7) is 0. The third-order valence-electron chi connectivity index (χ3n) is 7.53. The molecule has 0 saturated carbocycles. The van der Waals surface area contributed by atoms with Gasteiger partial charge in [-0.15, -0.1) is 0 Å². The molecule has 41 heavy (non-hydrogen) atoms. The molecule has 1 heterocycles. The van der Waals surface area contributed by atoms with Crippen molar-refractivity contribution in [2.75, 3.05) is 0 Å². The first-order valence-corrected chi connectivity index (χ1v) is 12.9. The fourth-order valence-corrected chi connectivity index (χ4v) is 5.73. The molecule has 0 radical (unpaired) electrons. The highest BCUT2D eigenvalue weighted by molar-refractivity contribution is 6.23. The Hall–Kier alpha value is -5.40. The first-order chi connectivity index (χ1) is 26.6. The fraction of sp³-hybridized carbons (Fsp3) is 0. The van der Waals surface area contributed by atoms with Crippen molar-refractivity contribution in [3.63, 3.8) is 0 Å². The summed E-state index contributed by atoms with van der Waals surface area (Å²) in [6, 6.07) is 6.58. The van der Waals surface area contributed by atoms with Crippen LogP contribution in [-0.4, -0.2) is 0 Å². The standard InChI is InChI=1S/C40H24O/c1-2-11-27-23-28(18-17-25(27)9-1)38-31-13-5-7-15-33(31)39(34-16-8-6-14-32(34)38)29-20-22-37-36(24-29)35-21-19-26-10-3-4-12-30(26)40(35)41-37/h1-24H/i1D,2D,5D,6D,7D,8D,9D,11D,13D,14D,15D,16D,17D,18D,23D. The Labute approximate surface area is 258 Å². The van der Waals surface area contributed by atoms with E-state index in [4.69, 9.17) is 16.8 Å². The van der Waals surface area contributed by atoms with Crippen LogP contribution in [0, 0.1) is 0 Å². The van der Waals surface area contributed by atoms with Crippen LogP contribution in [0.25, 0.3) is 87.3 Å². The third-order valence-corrected chi connectivity index (χ3v) is 7.53. The molecule has 0 fully saturated rings. The van der Waals surface area contributed by atoms with Crippen LogP contribution in [-0.2, 0) is 0 Å². The van der Waals surface area contributed by atoms with E-state index in [-0.39, 0.29) is 32.7 Å². The molecule has 0 aliphatic carbocycles. The Balaban J connectivity index is 1.56. The molecule has 1 heteroatoms. The lowest BCUT2D eigenvalue weighted by molar-refractivity contribution is 0.672. The van der Waals surface area contributed by atoms with Gasteiger partial charge in [-0.05, 0) is 84.2 Å². The molecule has 190 valence electrons. The second-order valence-electron chi connectivity index (χ2n) is 9.73. The van der Waals surface area contributed by atoms with Crippen molar-refractivity contribution in [3.8, 4) is 22.3 Å². The highest BCUT2D eigenvalue weighted by Crippen LogP contribution is 2.45. The van der Waals surface area contributed by atoms with Gasteiger partial charge in [0.1, 0.15) is 11.2 Å². The second-order valence-corrected chi connectivity index (χ2v) is 9.73. The van der Waals surface area contributed by atoms with Crippen molar-refractivity contribution >= 4 is 65.0 Å². The van der Waals surface area contributed by atoms with E-state index < -0.39 is 107 Å². The van der Waals surface area contributed by atoms with Crippen LogP contribution >= 0.6 is 0 Å². The van der Waals surface area contributed by atoms with Gasteiger partial charge in [-0.3, -0.25) is 0 Å². The van der Waals surface area contributed by atoms with E-state index in [1.54, 1.807) is 18.2 Å². The maximum absolute atomic E-state index is 9.39. The van der Waals surface area contributed by atoms with Gasteiger partial charge in [0.2, 0.25) is 0 Å². The van der Waals surface area contributed by atoms with E-state index >= 15 is 0 Å². The van der Waals surface area contributed by atoms with Crippen LogP contribution in [0.1, 0.15) is 20.6 Å². The average Bonchev–Trinajstić information content (AvgIpc) is 3.58. The summed E-state index contributed by atoms with van der Waals surface area (Å²) in [6.07, 6.45) is 0. The molecule has 0 unspecified atom stereocenters. The predicted octanol–water partition coefficient (Wildman–Crippen LogP) is 11.5. The van der Waals surface area contributed by atoms with Crippen molar-refractivity contribution in [1.82, 2.24) is 0 Å². The van der Waals surface area contributed by atoms with E-state index in [1.165, 1.54) is 0 Å². The number of fused-ring (bicyclic) bond motifs is 8. The summed E-state index contributed by atoms with van der Waals surface area (Å²) in [5.41, 5.74) is 0.591. The molecule has 8 aromatic carbocycles. The van der Waals surface area contributed by atoms with Crippen molar-refractivity contribution in [2.24, 2.45) is 0 Å². The predicted molar refractivity (Wildman–Crippen MR) is 175 cm³/mol. The van der Waals surface area contributed by atoms with Crippen LogP contribution < -0.4 is 0 Å². The van der Waals surface area contributed by atoms with Gasteiger partial charge < -0.3 is 4.42 Å². The first kappa shape index (κ1) is 12.4. The molecule has 0 bridgehead atoms. The van der Waals surface area contributed by atoms with Gasteiger partial charge in [-0.25, -0.2) is 0 Å². The molecule has 9 aromatic rings. The quantitative estimate of drug-likeness (QED) is 0.201. The van der Waals surface area contributed by atoms with E-state index in [0.717, 1.165) is 16.2 Å². The van der Waals surface area contributed by atoms with E-state index in [9.17, 15) is 8.22 Å². The Kier molecular flexibility index (Phi) is 2.59. The number of hydrogen-bond acceptors (Lipinski definition) is 1. The number of furan rings is 1. The lowest BCUT2D eigenvalue weighted by atomic mass is 9.85. The van der Waals surface area contributed by atoms with Gasteiger partial charge in [-0.2, -0.15) is 0 Å². The van der Waals surface area contributed by atoms with E-state index in [2.05, 4.69) is 0 Å².